The molecule has 0 radical (unpaired) electrons. The van der Waals surface area contributed by atoms with E-state index in [4.69, 9.17) is 9.47 Å². The predicted molar refractivity (Wildman–Crippen MR) is 123 cm³/mol. The molecule has 0 unspecified atom stereocenters. The van der Waals surface area contributed by atoms with Gasteiger partial charge in [0.15, 0.2) is 10.9 Å². The summed E-state index contributed by atoms with van der Waals surface area (Å²) in [4.78, 5) is 14.2. The van der Waals surface area contributed by atoms with Crippen molar-refractivity contribution in [2.75, 3.05) is 20.0 Å². The van der Waals surface area contributed by atoms with Gasteiger partial charge in [-0.2, -0.15) is 0 Å². The van der Waals surface area contributed by atoms with Crippen LogP contribution in [-0.4, -0.2) is 40.5 Å². The van der Waals surface area contributed by atoms with Gasteiger partial charge in [0.2, 0.25) is 0 Å². The Morgan fingerprint density at radius 2 is 1.87 bits per heavy atom. The number of aromatic nitrogens is 3. The zero-order chi connectivity index (χ0) is 21.6. The molecule has 0 saturated carbocycles. The van der Waals surface area contributed by atoms with E-state index in [0.29, 0.717) is 28.6 Å². The van der Waals surface area contributed by atoms with Gasteiger partial charge in [-0.05, 0) is 41.8 Å². The molecule has 0 amide bonds. The number of methoxy groups -OCH3 is 2. The number of Topliss-reactive ketones (excluding diaryl/α,β-unsaturated/α-hetero) is 1. The van der Waals surface area contributed by atoms with Crippen LogP contribution in [-0.2, 0) is 6.42 Å². The summed E-state index contributed by atoms with van der Waals surface area (Å²) in [5.41, 5.74) is 1.45. The molecule has 0 aliphatic rings. The molecule has 2 heterocycles. The molecule has 0 aliphatic heterocycles. The number of benzene rings is 2. The second-order valence-corrected chi connectivity index (χ2v) is 8.58. The Balaban J connectivity index is 1.60. The van der Waals surface area contributed by atoms with Crippen LogP contribution in [0.25, 0.3) is 5.69 Å². The fraction of sp³-hybridized carbons (Fsp3) is 0.174. The highest BCUT2D eigenvalue weighted by Crippen LogP contribution is 2.28. The van der Waals surface area contributed by atoms with E-state index in [9.17, 15) is 4.79 Å². The molecule has 0 N–H and O–H groups in total. The molecule has 0 fully saturated rings. The van der Waals surface area contributed by atoms with Crippen LogP contribution in [0.3, 0.4) is 0 Å². The zero-order valence-electron chi connectivity index (χ0n) is 17.1. The summed E-state index contributed by atoms with van der Waals surface area (Å²) in [7, 11) is 3.12. The minimum Gasteiger partial charge on any atom is -0.497 e. The molecule has 2 aromatic heterocycles. The van der Waals surface area contributed by atoms with Crippen LogP contribution in [0, 0.1) is 0 Å². The first-order valence-corrected chi connectivity index (χ1v) is 11.5. The summed E-state index contributed by atoms with van der Waals surface area (Å²) >= 11 is 3.04. The van der Waals surface area contributed by atoms with Crippen LogP contribution in [0.1, 0.15) is 21.1 Å². The van der Waals surface area contributed by atoms with Gasteiger partial charge in [-0.3, -0.25) is 9.36 Å². The van der Waals surface area contributed by atoms with Crippen molar-refractivity contribution in [3.8, 4) is 17.2 Å². The molecular formula is C23H21N3O3S2. The topological polar surface area (TPSA) is 66.2 Å². The minimum absolute atomic E-state index is 0.0665. The molecule has 8 heteroatoms. The number of rotatable bonds is 9. The molecule has 0 aliphatic carbocycles. The van der Waals surface area contributed by atoms with Gasteiger partial charge in [-0.15, -0.1) is 21.5 Å². The Morgan fingerprint density at radius 1 is 1.03 bits per heavy atom. The average Bonchev–Trinajstić information content (AvgIpc) is 3.47. The van der Waals surface area contributed by atoms with Crippen molar-refractivity contribution in [3.63, 3.8) is 0 Å². The highest BCUT2D eigenvalue weighted by atomic mass is 32.2. The van der Waals surface area contributed by atoms with Crippen LogP contribution in [0.2, 0.25) is 0 Å². The van der Waals surface area contributed by atoms with Crippen LogP contribution in [0.5, 0.6) is 11.5 Å². The Hall–Kier alpha value is -3.10. The van der Waals surface area contributed by atoms with Crippen LogP contribution in [0.4, 0.5) is 0 Å². The summed E-state index contributed by atoms with van der Waals surface area (Å²) in [6.45, 7) is 0. The number of thiophene rings is 1. The Labute approximate surface area is 188 Å². The standard InChI is InChI=1S/C23H21N3O3S2/c1-28-17-10-11-21(29-2)19(13-17)20(27)15-31-23-25-24-22(14-18-9-6-12-30-18)26(23)16-7-4-3-5-8-16/h3-13H,14-15H2,1-2H3. The molecule has 31 heavy (non-hydrogen) atoms. The first kappa shape index (κ1) is 21.1. The summed E-state index contributed by atoms with van der Waals surface area (Å²) < 4.78 is 12.6. The van der Waals surface area contributed by atoms with Gasteiger partial charge in [0.05, 0.1) is 25.5 Å². The Bertz CT molecular complexity index is 1160. The van der Waals surface area contributed by atoms with Crippen molar-refractivity contribution in [1.29, 1.82) is 0 Å². The number of thioether (sulfide) groups is 1. The highest BCUT2D eigenvalue weighted by molar-refractivity contribution is 7.99. The lowest BCUT2D eigenvalue weighted by atomic mass is 10.1. The monoisotopic (exact) mass is 451 g/mol. The quantitative estimate of drug-likeness (QED) is 0.266. The van der Waals surface area contributed by atoms with Crippen molar-refractivity contribution < 1.29 is 14.3 Å². The van der Waals surface area contributed by atoms with Crippen molar-refractivity contribution in [1.82, 2.24) is 14.8 Å². The smallest absolute Gasteiger partial charge is 0.196 e. The van der Waals surface area contributed by atoms with E-state index < -0.39 is 0 Å². The first-order valence-electron chi connectivity index (χ1n) is 9.59. The van der Waals surface area contributed by atoms with E-state index in [-0.39, 0.29) is 11.5 Å². The predicted octanol–water partition coefficient (Wildman–Crippen LogP) is 4.91. The van der Waals surface area contributed by atoms with E-state index in [0.717, 1.165) is 11.5 Å². The van der Waals surface area contributed by atoms with Gasteiger partial charge < -0.3 is 9.47 Å². The van der Waals surface area contributed by atoms with Crippen molar-refractivity contribution in [3.05, 3.63) is 82.3 Å². The largest absolute Gasteiger partial charge is 0.497 e. The van der Waals surface area contributed by atoms with Crippen molar-refractivity contribution in [2.45, 2.75) is 11.6 Å². The van der Waals surface area contributed by atoms with Crippen molar-refractivity contribution >= 4 is 28.9 Å². The molecule has 4 aromatic rings. The number of para-hydroxylation sites is 1. The molecule has 6 nitrogen and oxygen atoms in total. The van der Waals surface area contributed by atoms with Crippen LogP contribution in [0.15, 0.2) is 71.2 Å². The number of ketones is 1. The number of carbonyl (C=O) groups excluding carboxylic acids is 1. The summed E-state index contributed by atoms with van der Waals surface area (Å²) in [6.07, 6.45) is 0.678. The number of hydrogen-bond donors (Lipinski definition) is 0. The number of hydrogen-bond acceptors (Lipinski definition) is 7. The third-order valence-electron chi connectivity index (χ3n) is 4.67. The number of ether oxygens (including phenoxy) is 2. The second-order valence-electron chi connectivity index (χ2n) is 6.60. The van der Waals surface area contributed by atoms with Gasteiger partial charge in [0, 0.05) is 17.0 Å². The molecule has 0 bridgehead atoms. The molecule has 0 saturated heterocycles. The van der Waals surface area contributed by atoms with Gasteiger partial charge >= 0.3 is 0 Å². The van der Waals surface area contributed by atoms with Gasteiger partial charge in [0.1, 0.15) is 17.3 Å². The molecule has 0 atom stereocenters. The maximum Gasteiger partial charge on any atom is 0.196 e. The fourth-order valence-corrected chi connectivity index (χ4v) is 4.71. The second kappa shape index (κ2) is 9.80. The molecule has 4 rings (SSSR count). The van der Waals surface area contributed by atoms with Gasteiger partial charge in [-0.1, -0.05) is 36.0 Å². The zero-order valence-corrected chi connectivity index (χ0v) is 18.8. The van der Waals surface area contributed by atoms with Crippen LogP contribution >= 0.6 is 23.1 Å². The molecular weight excluding hydrogens is 430 g/mol. The maximum atomic E-state index is 13.0. The fourth-order valence-electron chi connectivity index (χ4n) is 3.15. The van der Waals surface area contributed by atoms with Crippen LogP contribution < -0.4 is 9.47 Å². The van der Waals surface area contributed by atoms with Gasteiger partial charge in [0.25, 0.3) is 0 Å². The van der Waals surface area contributed by atoms with E-state index in [1.165, 1.54) is 16.6 Å². The lowest BCUT2D eigenvalue weighted by molar-refractivity contribution is 0.101. The summed E-state index contributed by atoms with van der Waals surface area (Å²) in [5.74, 6) is 2.10. The third-order valence-corrected chi connectivity index (χ3v) is 6.47. The van der Waals surface area contributed by atoms with E-state index in [1.807, 2.05) is 41.0 Å². The van der Waals surface area contributed by atoms with E-state index in [2.05, 4.69) is 21.6 Å². The minimum atomic E-state index is -0.0665. The lowest BCUT2D eigenvalue weighted by Gasteiger charge is -2.11. The SMILES string of the molecule is COc1ccc(OC)c(C(=O)CSc2nnc(Cc3cccs3)n2-c2ccccc2)c1. The Morgan fingerprint density at radius 3 is 2.58 bits per heavy atom. The molecule has 0 spiro atoms. The highest BCUT2D eigenvalue weighted by Gasteiger charge is 2.19. The Kier molecular flexibility index (Phi) is 6.69. The van der Waals surface area contributed by atoms with Gasteiger partial charge in [-0.25, -0.2) is 0 Å². The van der Waals surface area contributed by atoms with E-state index >= 15 is 0 Å². The van der Waals surface area contributed by atoms with E-state index in [1.54, 1.807) is 43.8 Å². The average molecular weight is 452 g/mol. The molecule has 2 aromatic carbocycles. The maximum absolute atomic E-state index is 13.0. The summed E-state index contributed by atoms with van der Waals surface area (Å²) in [5, 5.41) is 11.5. The van der Waals surface area contributed by atoms with Crippen molar-refractivity contribution in [2.24, 2.45) is 0 Å². The first-order chi connectivity index (χ1) is 15.2. The third kappa shape index (κ3) is 4.81. The lowest BCUT2D eigenvalue weighted by Crippen LogP contribution is -2.08. The normalized spacial score (nSPS) is 10.8. The number of carbonyl (C=O) groups is 1. The molecule has 158 valence electrons. The number of nitrogens with zero attached hydrogens (tertiary/aromatic N) is 3. The summed E-state index contributed by atoms with van der Waals surface area (Å²) in [6, 6.07) is 19.3.